The van der Waals surface area contributed by atoms with Gasteiger partial charge in [-0.05, 0) is 25.8 Å². The molecule has 1 saturated carbocycles. The van der Waals surface area contributed by atoms with Gasteiger partial charge in [-0.3, -0.25) is 9.89 Å². The predicted molar refractivity (Wildman–Crippen MR) is 104 cm³/mol. The van der Waals surface area contributed by atoms with E-state index in [2.05, 4.69) is 25.5 Å². The SMILES string of the molecule is Cc1[nH]ncc1-c1cc2nc([C@H]3N[C@@H]4C[C@H]3[C@@H](F)C4)[nH]c(=O)c2s1.Cl.Cl. The van der Waals surface area contributed by atoms with Crippen molar-refractivity contribution in [2.75, 3.05) is 0 Å². The Labute approximate surface area is 164 Å². The maximum absolute atomic E-state index is 14.0. The van der Waals surface area contributed by atoms with E-state index < -0.39 is 6.17 Å². The van der Waals surface area contributed by atoms with Gasteiger partial charge in [0.25, 0.3) is 5.56 Å². The van der Waals surface area contributed by atoms with Crippen molar-refractivity contribution < 1.29 is 4.39 Å². The molecule has 0 aromatic carbocycles. The molecular formula is C16H18Cl2FN5OS. The van der Waals surface area contributed by atoms with Crippen LogP contribution in [-0.2, 0) is 0 Å². The number of aromatic amines is 2. The fourth-order valence-electron chi connectivity index (χ4n) is 4.00. The van der Waals surface area contributed by atoms with Crippen molar-refractivity contribution in [2.24, 2.45) is 5.92 Å². The van der Waals surface area contributed by atoms with E-state index >= 15 is 0 Å². The average Bonchev–Trinajstić information content (AvgIpc) is 3.28. The fraction of sp³-hybridized carbons (Fsp3) is 0.438. The smallest absolute Gasteiger partial charge is 0.268 e. The number of H-pyrrole nitrogens is 2. The topological polar surface area (TPSA) is 86.5 Å². The van der Waals surface area contributed by atoms with Crippen LogP contribution >= 0.6 is 36.2 Å². The van der Waals surface area contributed by atoms with E-state index in [0.29, 0.717) is 22.5 Å². The second-order valence-corrected chi connectivity index (χ2v) is 7.73. The van der Waals surface area contributed by atoms with Gasteiger partial charge in [-0.1, -0.05) is 0 Å². The summed E-state index contributed by atoms with van der Waals surface area (Å²) in [6, 6.07) is 1.91. The maximum Gasteiger partial charge on any atom is 0.268 e. The second kappa shape index (κ2) is 6.92. The molecule has 0 spiro atoms. The highest BCUT2D eigenvalue weighted by Gasteiger charge is 2.48. The Balaban J connectivity index is 0.000000980. The number of rotatable bonds is 2. The highest BCUT2D eigenvalue weighted by atomic mass is 35.5. The lowest BCUT2D eigenvalue weighted by molar-refractivity contribution is 0.196. The number of piperidine rings is 1. The summed E-state index contributed by atoms with van der Waals surface area (Å²) in [5.74, 6) is 0.459. The summed E-state index contributed by atoms with van der Waals surface area (Å²) in [6.45, 7) is 1.94. The zero-order chi connectivity index (χ0) is 16.4. The molecule has 0 unspecified atom stereocenters. The summed E-state index contributed by atoms with van der Waals surface area (Å²) in [4.78, 5) is 20.9. The molecule has 1 aliphatic carbocycles. The highest BCUT2D eigenvalue weighted by Crippen LogP contribution is 2.44. The van der Waals surface area contributed by atoms with Crippen LogP contribution in [-0.4, -0.2) is 32.4 Å². The number of fused-ring (bicyclic) bond motifs is 3. The van der Waals surface area contributed by atoms with Crippen molar-refractivity contribution in [3.8, 4) is 10.4 Å². The van der Waals surface area contributed by atoms with Crippen LogP contribution in [0.2, 0.25) is 0 Å². The third-order valence-electron chi connectivity index (χ3n) is 5.17. The van der Waals surface area contributed by atoms with Crippen LogP contribution < -0.4 is 10.9 Å². The Bertz CT molecular complexity index is 1000. The number of nitrogens with one attached hydrogen (secondary N) is 3. The quantitative estimate of drug-likeness (QED) is 0.596. The Morgan fingerprint density at radius 3 is 2.77 bits per heavy atom. The molecule has 3 aromatic heterocycles. The number of hydrogen-bond donors (Lipinski definition) is 3. The lowest BCUT2D eigenvalue weighted by Gasteiger charge is -2.24. The first-order valence-corrected chi connectivity index (χ1v) is 8.86. The molecule has 3 aromatic rings. The summed E-state index contributed by atoms with van der Waals surface area (Å²) < 4.78 is 14.6. The van der Waals surface area contributed by atoms with Gasteiger partial charge in [0.15, 0.2) is 0 Å². The highest BCUT2D eigenvalue weighted by molar-refractivity contribution is 7.22. The third kappa shape index (κ3) is 2.85. The van der Waals surface area contributed by atoms with E-state index in [9.17, 15) is 9.18 Å². The number of thiophene rings is 1. The van der Waals surface area contributed by atoms with Crippen molar-refractivity contribution in [1.29, 1.82) is 0 Å². The summed E-state index contributed by atoms with van der Waals surface area (Å²) in [5, 5.41) is 10.3. The first-order chi connectivity index (χ1) is 11.6. The molecule has 0 amide bonds. The molecule has 2 fully saturated rings. The number of aryl methyl sites for hydroxylation is 1. The van der Waals surface area contributed by atoms with Crippen LogP contribution in [0.4, 0.5) is 4.39 Å². The second-order valence-electron chi connectivity index (χ2n) is 6.68. The zero-order valence-electron chi connectivity index (χ0n) is 13.8. The van der Waals surface area contributed by atoms with Crippen molar-refractivity contribution >= 4 is 46.4 Å². The molecule has 1 saturated heterocycles. The van der Waals surface area contributed by atoms with Gasteiger partial charge in [-0.15, -0.1) is 36.2 Å². The van der Waals surface area contributed by atoms with E-state index in [1.807, 2.05) is 13.0 Å². The first kappa shape index (κ1) is 19.3. The Kier molecular flexibility index (Phi) is 5.13. The van der Waals surface area contributed by atoms with Gasteiger partial charge in [-0.25, -0.2) is 9.37 Å². The van der Waals surface area contributed by atoms with Crippen LogP contribution in [0.25, 0.3) is 20.7 Å². The molecule has 2 bridgehead atoms. The van der Waals surface area contributed by atoms with Gasteiger partial charge in [0.05, 0.1) is 17.8 Å². The van der Waals surface area contributed by atoms with Crippen LogP contribution in [0.1, 0.15) is 30.4 Å². The van der Waals surface area contributed by atoms with E-state index in [4.69, 9.17) is 0 Å². The average molecular weight is 418 g/mol. The monoisotopic (exact) mass is 417 g/mol. The van der Waals surface area contributed by atoms with Gasteiger partial charge in [0.1, 0.15) is 16.7 Å². The van der Waals surface area contributed by atoms with Crippen LogP contribution in [0.5, 0.6) is 0 Å². The van der Waals surface area contributed by atoms with Gasteiger partial charge in [0, 0.05) is 28.1 Å². The molecule has 5 rings (SSSR count). The largest absolute Gasteiger partial charge is 0.308 e. The van der Waals surface area contributed by atoms with E-state index in [1.165, 1.54) is 11.3 Å². The van der Waals surface area contributed by atoms with E-state index in [1.54, 1.807) is 6.20 Å². The molecule has 140 valence electrons. The lowest BCUT2D eigenvalue weighted by atomic mass is 9.97. The van der Waals surface area contributed by atoms with Gasteiger partial charge < -0.3 is 10.3 Å². The zero-order valence-corrected chi connectivity index (χ0v) is 16.2. The molecule has 6 nitrogen and oxygen atoms in total. The predicted octanol–water partition coefficient (Wildman–Crippen LogP) is 3.29. The Morgan fingerprint density at radius 2 is 2.12 bits per heavy atom. The van der Waals surface area contributed by atoms with Gasteiger partial charge in [-0.2, -0.15) is 5.10 Å². The van der Waals surface area contributed by atoms with Gasteiger partial charge in [0.2, 0.25) is 0 Å². The third-order valence-corrected chi connectivity index (χ3v) is 6.32. The normalized spacial score (nSPS) is 26.7. The molecule has 1 aliphatic heterocycles. The number of halogens is 3. The van der Waals surface area contributed by atoms with Crippen LogP contribution in [0.3, 0.4) is 0 Å². The molecule has 10 heteroatoms. The Hall–Kier alpha value is -1.48. The van der Waals surface area contributed by atoms with Crippen LogP contribution in [0.15, 0.2) is 17.1 Å². The van der Waals surface area contributed by atoms with Crippen molar-refractivity contribution in [3.05, 3.63) is 34.1 Å². The van der Waals surface area contributed by atoms with E-state index in [-0.39, 0.29) is 48.4 Å². The molecule has 3 N–H and O–H groups in total. The number of alkyl halides is 1. The minimum atomic E-state index is -0.811. The summed E-state index contributed by atoms with van der Waals surface area (Å²) in [7, 11) is 0. The fourth-order valence-corrected chi connectivity index (χ4v) is 5.06. The maximum atomic E-state index is 14.0. The summed E-state index contributed by atoms with van der Waals surface area (Å²) in [5.41, 5.74) is 2.43. The first-order valence-electron chi connectivity index (χ1n) is 8.04. The summed E-state index contributed by atoms with van der Waals surface area (Å²) >= 11 is 1.40. The lowest BCUT2D eigenvalue weighted by Crippen LogP contribution is -2.36. The minimum Gasteiger partial charge on any atom is -0.308 e. The number of aromatic nitrogens is 4. The van der Waals surface area contributed by atoms with Crippen molar-refractivity contribution in [1.82, 2.24) is 25.5 Å². The van der Waals surface area contributed by atoms with Crippen molar-refractivity contribution in [3.63, 3.8) is 0 Å². The molecule has 4 atom stereocenters. The Morgan fingerprint density at radius 1 is 1.31 bits per heavy atom. The molecule has 26 heavy (non-hydrogen) atoms. The van der Waals surface area contributed by atoms with E-state index in [0.717, 1.165) is 22.6 Å². The molecule has 0 radical (unpaired) electrons. The molecule has 4 heterocycles. The van der Waals surface area contributed by atoms with Crippen molar-refractivity contribution in [2.45, 2.75) is 38.0 Å². The number of hydrogen-bond acceptors (Lipinski definition) is 5. The minimum absolute atomic E-state index is 0. The number of nitrogens with zero attached hydrogens (tertiary/aromatic N) is 2. The standard InChI is InChI=1S/C16H16FN5OS.2ClH/c1-6-9(5-18-22-6)12-4-11-14(24-12)16(23)21-15(20-11)13-8-2-7(19-13)3-10(8)17;;/h4-5,7-8,10,13,19H,2-3H2,1H3,(H,18,22)(H,20,21,23);2*1H/t7-,8+,10+,13+;;/m1../s1. The molecule has 2 aliphatic rings. The van der Waals surface area contributed by atoms with Gasteiger partial charge >= 0.3 is 0 Å². The summed E-state index contributed by atoms with van der Waals surface area (Å²) in [6.07, 6.45) is 2.32. The van der Waals surface area contributed by atoms with Crippen LogP contribution in [0, 0.1) is 12.8 Å². The molecular weight excluding hydrogens is 400 g/mol.